The van der Waals surface area contributed by atoms with Crippen LogP contribution in [0.15, 0.2) is 0 Å². The van der Waals surface area contributed by atoms with Gasteiger partial charge in [-0.1, -0.05) is 0 Å². The molecule has 1 saturated heterocycles. The van der Waals surface area contributed by atoms with Gasteiger partial charge < -0.3 is 9.64 Å². The van der Waals surface area contributed by atoms with E-state index in [1.165, 1.54) is 6.42 Å². The third kappa shape index (κ3) is 5.44. The van der Waals surface area contributed by atoms with Crippen molar-refractivity contribution in [2.75, 3.05) is 13.1 Å². The fourth-order valence-corrected chi connectivity index (χ4v) is 2.22. The van der Waals surface area contributed by atoms with Crippen molar-refractivity contribution in [3.8, 4) is 12.3 Å². The summed E-state index contributed by atoms with van der Waals surface area (Å²) in [5.74, 6) is 3.39. The van der Waals surface area contributed by atoms with Crippen LogP contribution in [-0.4, -0.2) is 29.7 Å². The second-order valence-electron chi connectivity index (χ2n) is 6.01. The molecule has 1 rings (SSSR count). The van der Waals surface area contributed by atoms with E-state index in [0.717, 1.165) is 44.7 Å². The molecule has 0 bridgehead atoms. The number of unbranched alkanes of at least 4 members (excludes halogenated alkanes) is 1. The molecule has 18 heavy (non-hydrogen) atoms. The lowest BCUT2D eigenvalue weighted by molar-refractivity contribution is 0.0181. The summed E-state index contributed by atoms with van der Waals surface area (Å²) in [6.45, 7) is 7.33. The fourth-order valence-electron chi connectivity index (χ4n) is 2.22. The van der Waals surface area contributed by atoms with Crippen molar-refractivity contribution in [2.45, 2.75) is 58.5 Å². The van der Waals surface area contributed by atoms with Gasteiger partial charge in [0.1, 0.15) is 5.60 Å². The molecule has 0 unspecified atom stereocenters. The summed E-state index contributed by atoms with van der Waals surface area (Å²) < 4.78 is 5.37. The quantitative estimate of drug-likeness (QED) is 0.568. The maximum Gasteiger partial charge on any atom is 0.410 e. The summed E-state index contributed by atoms with van der Waals surface area (Å²) in [7, 11) is 0. The van der Waals surface area contributed by atoms with Crippen LogP contribution in [0.4, 0.5) is 4.79 Å². The number of likely N-dealkylation sites (tertiary alicyclic amines) is 1. The first-order chi connectivity index (χ1) is 8.42. The summed E-state index contributed by atoms with van der Waals surface area (Å²) in [5, 5.41) is 0. The molecule has 0 aromatic carbocycles. The standard InChI is InChI=1S/C15H25NO2/c1-5-6-7-8-13-9-11-16(12-10-13)14(17)18-15(2,3)4/h1,13H,6-12H2,2-4H3. The van der Waals surface area contributed by atoms with Gasteiger partial charge in [-0.2, -0.15) is 0 Å². The van der Waals surface area contributed by atoms with Gasteiger partial charge in [-0.15, -0.1) is 12.3 Å². The van der Waals surface area contributed by atoms with Gasteiger partial charge in [-0.25, -0.2) is 4.79 Å². The Morgan fingerprint density at radius 3 is 2.50 bits per heavy atom. The predicted molar refractivity (Wildman–Crippen MR) is 73.2 cm³/mol. The molecule has 3 heteroatoms. The maximum absolute atomic E-state index is 11.9. The third-order valence-electron chi connectivity index (χ3n) is 3.20. The van der Waals surface area contributed by atoms with E-state index in [0.29, 0.717) is 0 Å². The van der Waals surface area contributed by atoms with Crippen LogP contribution in [0.1, 0.15) is 52.9 Å². The zero-order valence-electron chi connectivity index (χ0n) is 11.9. The minimum atomic E-state index is -0.402. The van der Waals surface area contributed by atoms with Gasteiger partial charge in [0.2, 0.25) is 0 Å². The van der Waals surface area contributed by atoms with Gasteiger partial charge in [0.15, 0.2) is 0 Å². The number of carbonyl (C=O) groups excluding carboxylic acids is 1. The SMILES string of the molecule is C#CCCCC1CCN(C(=O)OC(C)(C)C)CC1. The third-order valence-corrected chi connectivity index (χ3v) is 3.20. The van der Waals surface area contributed by atoms with Crippen molar-refractivity contribution in [1.29, 1.82) is 0 Å². The van der Waals surface area contributed by atoms with E-state index in [1.807, 2.05) is 25.7 Å². The van der Waals surface area contributed by atoms with Gasteiger partial charge in [-0.05, 0) is 52.4 Å². The van der Waals surface area contributed by atoms with Crippen molar-refractivity contribution in [3.05, 3.63) is 0 Å². The number of hydrogen-bond acceptors (Lipinski definition) is 2. The highest BCUT2D eigenvalue weighted by Crippen LogP contribution is 2.23. The van der Waals surface area contributed by atoms with E-state index in [2.05, 4.69) is 5.92 Å². The molecule has 0 saturated carbocycles. The Morgan fingerprint density at radius 2 is 2.00 bits per heavy atom. The Hall–Kier alpha value is -1.17. The number of ether oxygens (including phenoxy) is 1. The molecule has 0 spiro atoms. The van der Waals surface area contributed by atoms with Crippen molar-refractivity contribution < 1.29 is 9.53 Å². The molecular formula is C15H25NO2. The number of rotatable bonds is 3. The molecule has 0 N–H and O–H groups in total. The zero-order chi connectivity index (χ0) is 13.6. The van der Waals surface area contributed by atoms with Gasteiger partial charge in [0.05, 0.1) is 0 Å². The maximum atomic E-state index is 11.9. The van der Waals surface area contributed by atoms with Gasteiger partial charge >= 0.3 is 6.09 Å². The first-order valence-electron chi connectivity index (χ1n) is 6.84. The molecule has 1 aliphatic rings. The number of piperidine rings is 1. The zero-order valence-corrected chi connectivity index (χ0v) is 11.9. The second-order valence-corrected chi connectivity index (χ2v) is 6.01. The summed E-state index contributed by atoms with van der Waals surface area (Å²) in [6.07, 6.45) is 10.4. The molecule has 0 radical (unpaired) electrons. The molecule has 102 valence electrons. The summed E-state index contributed by atoms with van der Waals surface area (Å²) in [5.41, 5.74) is -0.402. The van der Waals surface area contributed by atoms with E-state index < -0.39 is 5.60 Å². The van der Waals surface area contributed by atoms with Crippen molar-refractivity contribution in [1.82, 2.24) is 4.90 Å². The van der Waals surface area contributed by atoms with E-state index in [9.17, 15) is 4.79 Å². The van der Waals surface area contributed by atoms with Crippen molar-refractivity contribution in [2.24, 2.45) is 5.92 Å². The van der Waals surface area contributed by atoms with Crippen LogP contribution in [0.2, 0.25) is 0 Å². The van der Waals surface area contributed by atoms with Gasteiger partial charge in [-0.3, -0.25) is 0 Å². The Kier molecular flexibility index (Phi) is 5.53. The Balaban J connectivity index is 2.27. The smallest absolute Gasteiger partial charge is 0.410 e. The lowest BCUT2D eigenvalue weighted by atomic mass is 9.92. The van der Waals surface area contributed by atoms with Crippen LogP contribution < -0.4 is 0 Å². The molecule has 1 aliphatic heterocycles. The van der Waals surface area contributed by atoms with Crippen molar-refractivity contribution >= 4 is 6.09 Å². The minimum absolute atomic E-state index is 0.176. The molecule has 1 fully saturated rings. The second kappa shape index (κ2) is 6.68. The molecule has 3 nitrogen and oxygen atoms in total. The molecule has 0 atom stereocenters. The predicted octanol–water partition coefficient (Wildman–Crippen LogP) is 3.44. The lowest BCUT2D eigenvalue weighted by Crippen LogP contribution is -2.41. The lowest BCUT2D eigenvalue weighted by Gasteiger charge is -2.33. The summed E-state index contributed by atoms with van der Waals surface area (Å²) in [4.78, 5) is 13.7. The van der Waals surface area contributed by atoms with Crippen LogP contribution in [-0.2, 0) is 4.74 Å². The number of terminal acetylenes is 1. The van der Waals surface area contributed by atoms with E-state index in [-0.39, 0.29) is 6.09 Å². The topological polar surface area (TPSA) is 29.5 Å². The van der Waals surface area contributed by atoms with Gasteiger partial charge in [0.25, 0.3) is 0 Å². The average molecular weight is 251 g/mol. The Morgan fingerprint density at radius 1 is 1.39 bits per heavy atom. The molecule has 1 amide bonds. The summed E-state index contributed by atoms with van der Waals surface area (Å²) >= 11 is 0. The number of amides is 1. The first-order valence-corrected chi connectivity index (χ1v) is 6.84. The van der Waals surface area contributed by atoms with Crippen LogP contribution >= 0.6 is 0 Å². The highest BCUT2D eigenvalue weighted by atomic mass is 16.6. The van der Waals surface area contributed by atoms with Gasteiger partial charge in [0, 0.05) is 19.5 Å². The molecule has 0 aromatic rings. The molecular weight excluding hydrogens is 226 g/mol. The first kappa shape index (κ1) is 14.9. The summed E-state index contributed by atoms with van der Waals surface area (Å²) in [6, 6.07) is 0. The molecule has 0 aliphatic carbocycles. The average Bonchev–Trinajstić information content (AvgIpc) is 2.28. The minimum Gasteiger partial charge on any atom is -0.444 e. The van der Waals surface area contributed by atoms with Crippen LogP contribution in [0, 0.1) is 18.3 Å². The number of nitrogens with zero attached hydrogens (tertiary/aromatic N) is 1. The highest BCUT2D eigenvalue weighted by Gasteiger charge is 2.26. The Bertz CT molecular complexity index is 303. The monoisotopic (exact) mass is 251 g/mol. The number of hydrogen-bond donors (Lipinski definition) is 0. The molecule has 1 heterocycles. The fraction of sp³-hybridized carbons (Fsp3) is 0.800. The van der Waals surface area contributed by atoms with Crippen LogP contribution in [0.5, 0.6) is 0 Å². The Labute approximate surface area is 111 Å². The number of carbonyl (C=O) groups is 1. The normalized spacial score (nSPS) is 17.3. The molecule has 0 aromatic heterocycles. The van der Waals surface area contributed by atoms with E-state index in [1.54, 1.807) is 0 Å². The van der Waals surface area contributed by atoms with E-state index >= 15 is 0 Å². The largest absolute Gasteiger partial charge is 0.444 e. The van der Waals surface area contributed by atoms with Crippen LogP contribution in [0.25, 0.3) is 0 Å². The van der Waals surface area contributed by atoms with Crippen molar-refractivity contribution in [3.63, 3.8) is 0 Å². The van der Waals surface area contributed by atoms with E-state index in [4.69, 9.17) is 11.2 Å². The van der Waals surface area contributed by atoms with Crippen LogP contribution in [0.3, 0.4) is 0 Å². The highest BCUT2D eigenvalue weighted by molar-refractivity contribution is 5.68.